The minimum atomic E-state index is -0.649. The lowest BCUT2D eigenvalue weighted by Crippen LogP contribution is -2.45. The average Bonchev–Trinajstić information content (AvgIpc) is 2.96. The van der Waals surface area contributed by atoms with Crippen LogP contribution in [0.5, 0.6) is 5.75 Å². The lowest BCUT2D eigenvalue weighted by Gasteiger charge is -2.34. The van der Waals surface area contributed by atoms with Gasteiger partial charge in [0.25, 0.3) is 5.91 Å². The van der Waals surface area contributed by atoms with E-state index in [0.717, 1.165) is 0 Å². The number of halogens is 2. The van der Waals surface area contributed by atoms with Gasteiger partial charge in [0.15, 0.2) is 5.78 Å². The highest BCUT2D eigenvalue weighted by Crippen LogP contribution is 2.39. The Morgan fingerprint density at radius 1 is 1.12 bits per heavy atom. The molecule has 0 bridgehead atoms. The quantitative estimate of drug-likeness (QED) is 0.748. The van der Waals surface area contributed by atoms with Gasteiger partial charge in [0.1, 0.15) is 11.4 Å². The number of ketones is 1. The van der Waals surface area contributed by atoms with E-state index in [-0.39, 0.29) is 18.1 Å². The maximum Gasteiger partial charge on any atom is 0.254 e. The number of hydrogen-bond donors (Lipinski definition) is 0. The van der Waals surface area contributed by atoms with E-state index < -0.39 is 5.60 Å². The Labute approximate surface area is 155 Å². The molecule has 2 aromatic rings. The van der Waals surface area contributed by atoms with E-state index in [4.69, 9.17) is 27.9 Å². The lowest BCUT2D eigenvalue weighted by atomic mass is 9.89. The number of carbonyl (C=O) groups excluding carboxylic acids is 2. The molecule has 1 fully saturated rings. The summed E-state index contributed by atoms with van der Waals surface area (Å²) in [5.41, 5.74) is 0.403. The van der Waals surface area contributed by atoms with Crippen LogP contribution in [0.1, 0.15) is 33.6 Å². The number of fused-ring (bicyclic) bond motifs is 1. The number of para-hydroxylation sites is 1. The first-order valence-electron chi connectivity index (χ1n) is 8.02. The third-order valence-corrected chi connectivity index (χ3v) is 5.15. The van der Waals surface area contributed by atoms with E-state index >= 15 is 0 Å². The molecule has 4 rings (SSSR count). The SMILES string of the molecule is O=C1CC2(CCN(C(=O)c3cc(Cl)cc(Cl)c3)C2)Oc2ccccc21. The van der Waals surface area contributed by atoms with Crippen LogP contribution in [0.15, 0.2) is 42.5 Å². The number of ether oxygens (including phenoxy) is 1. The number of benzene rings is 2. The van der Waals surface area contributed by atoms with Crippen molar-refractivity contribution in [1.82, 2.24) is 4.90 Å². The van der Waals surface area contributed by atoms with Crippen molar-refractivity contribution in [2.75, 3.05) is 13.1 Å². The molecule has 0 aliphatic carbocycles. The molecule has 6 heteroatoms. The Balaban J connectivity index is 1.57. The minimum absolute atomic E-state index is 0.0574. The van der Waals surface area contributed by atoms with Gasteiger partial charge in [0, 0.05) is 28.6 Å². The van der Waals surface area contributed by atoms with Gasteiger partial charge in [-0.2, -0.15) is 0 Å². The Morgan fingerprint density at radius 3 is 2.60 bits per heavy atom. The van der Waals surface area contributed by atoms with Crippen LogP contribution in [0, 0.1) is 0 Å². The summed E-state index contributed by atoms with van der Waals surface area (Å²) < 4.78 is 6.15. The molecule has 2 aliphatic rings. The third kappa shape index (κ3) is 3.00. The highest BCUT2D eigenvalue weighted by atomic mass is 35.5. The van der Waals surface area contributed by atoms with Gasteiger partial charge in [-0.1, -0.05) is 35.3 Å². The molecule has 2 aliphatic heterocycles. The van der Waals surface area contributed by atoms with Crippen molar-refractivity contribution >= 4 is 34.9 Å². The van der Waals surface area contributed by atoms with Crippen LogP contribution < -0.4 is 4.74 Å². The van der Waals surface area contributed by atoms with Gasteiger partial charge in [-0.15, -0.1) is 0 Å². The maximum atomic E-state index is 12.8. The summed E-state index contributed by atoms with van der Waals surface area (Å²) in [4.78, 5) is 26.9. The predicted octanol–water partition coefficient (Wildman–Crippen LogP) is 4.24. The van der Waals surface area contributed by atoms with E-state index in [9.17, 15) is 9.59 Å². The van der Waals surface area contributed by atoms with Crippen molar-refractivity contribution in [2.45, 2.75) is 18.4 Å². The van der Waals surface area contributed by atoms with Gasteiger partial charge in [-0.05, 0) is 30.3 Å². The van der Waals surface area contributed by atoms with Crippen molar-refractivity contribution in [3.05, 3.63) is 63.6 Å². The highest BCUT2D eigenvalue weighted by molar-refractivity contribution is 6.35. The van der Waals surface area contributed by atoms with Gasteiger partial charge in [0.05, 0.1) is 18.5 Å². The fraction of sp³-hybridized carbons (Fsp3) is 0.263. The normalized spacial score (nSPS) is 22.0. The number of likely N-dealkylation sites (tertiary alicyclic amines) is 1. The van der Waals surface area contributed by atoms with E-state index in [1.54, 1.807) is 35.2 Å². The molecule has 128 valence electrons. The van der Waals surface area contributed by atoms with Crippen LogP contribution in [0.2, 0.25) is 10.0 Å². The first-order valence-corrected chi connectivity index (χ1v) is 8.78. The zero-order chi connectivity index (χ0) is 17.6. The summed E-state index contributed by atoms with van der Waals surface area (Å²) in [5.74, 6) is 0.497. The van der Waals surface area contributed by atoms with Crippen LogP contribution in [0.3, 0.4) is 0 Å². The average molecular weight is 376 g/mol. The largest absolute Gasteiger partial charge is 0.484 e. The molecular formula is C19H15Cl2NO3. The summed E-state index contributed by atoms with van der Waals surface area (Å²) in [7, 11) is 0. The van der Waals surface area contributed by atoms with Crippen molar-refractivity contribution in [3.63, 3.8) is 0 Å². The van der Waals surface area contributed by atoms with Crippen molar-refractivity contribution in [1.29, 1.82) is 0 Å². The van der Waals surface area contributed by atoms with Crippen LogP contribution >= 0.6 is 23.2 Å². The molecule has 2 heterocycles. The van der Waals surface area contributed by atoms with Gasteiger partial charge >= 0.3 is 0 Å². The fourth-order valence-corrected chi connectivity index (χ4v) is 4.07. The zero-order valence-corrected chi connectivity index (χ0v) is 14.8. The molecule has 0 N–H and O–H groups in total. The summed E-state index contributed by atoms with van der Waals surface area (Å²) in [6, 6.07) is 12.0. The number of rotatable bonds is 1. The summed E-state index contributed by atoms with van der Waals surface area (Å²) >= 11 is 12.0. The number of Topliss-reactive ketones (excluding diaryl/α,β-unsaturated/α-hetero) is 1. The van der Waals surface area contributed by atoms with Crippen molar-refractivity contribution in [2.24, 2.45) is 0 Å². The van der Waals surface area contributed by atoms with Gasteiger partial charge < -0.3 is 9.64 Å². The zero-order valence-electron chi connectivity index (χ0n) is 13.3. The molecular weight excluding hydrogens is 361 g/mol. The molecule has 0 aromatic heterocycles. The molecule has 1 atom stereocenters. The number of hydrogen-bond acceptors (Lipinski definition) is 3. The molecule has 1 spiro atoms. The Hall–Kier alpha value is -2.04. The molecule has 0 saturated carbocycles. The smallest absolute Gasteiger partial charge is 0.254 e. The monoisotopic (exact) mass is 375 g/mol. The molecule has 1 unspecified atom stereocenters. The second-order valence-corrected chi connectivity index (χ2v) is 7.39. The number of nitrogens with zero attached hydrogens (tertiary/aromatic N) is 1. The van der Waals surface area contributed by atoms with Gasteiger partial charge in [-0.3, -0.25) is 9.59 Å². The van der Waals surface area contributed by atoms with Gasteiger partial charge in [0.2, 0.25) is 0 Å². The highest BCUT2D eigenvalue weighted by Gasteiger charge is 2.47. The molecule has 0 radical (unpaired) electrons. The Morgan fingerprint density at radius 2 is 1.84 bits per heavy atom. The van der Waals surface area contributed by atoms with E-state index in [1.165, 1.54) is 0 Å². The fourth-order valence-electron chi connectivity index (χ4n) is 3.55. The molecule has 1 amide bonds. The van der Waals surface area contributed by atoms with Gasteiger partial charge in [-0.25, -0.2) is 0 Å². The standard InChI is InChI=1S/C19H15Cl2NO3/c20-13-7-12(8-14(21)9-13)18(24)22-6-5-19(11-22)10-16(23)15-3-1-2-4-17(15)25-19/h1-4,7-9H,5-6,10-11H2. The van der Waals surface area contributed by atoms with E-state index in [0.29, 0.717) is 46.4 Å². The van der Waals surface area contributed by atoms with Crippen molar-refractivity contribution < 1.29 is 14.3 Å². The summed E-state index contributed by atoms with van der Waals surface area (Å²) in [5, 5.41) is 0.838. The third-order valence-electron chi connectivity index (χ3n) is 4.71. The summed E-state index contributed by atoms with van der Waals surface area (Å²) in [6.45, 7) is 0.897. The second kappa shape index (κ2) is 6.04. The van der Waals surface area contributed by atoms with E-state index in [2.05, 4.69) is 0 Å². The first-order chi connectivity index (χ1) is 12.0. The Kier molecular flexibility index (Phi) is 3.97. The van der Waals surface area contributed by atoms with Crippen LogP contribution in [-0.2, 0) is 0 Å². The molecule has 25 heavy (non-hydrogen) atoms. The maximum absolute atomic E-state index is 12.8. The minimum Gasteiger partial charge on any atom is -0.484 e. The van der Waals surface area contributed by atoms with Crippen LogP contribution in [0.4, 0.5) is 0 Å². The number of amides is 1. The molecule has 4 nitrogen and oxygen atoms in total. The summed E-state index contributed by atoms with van der Waals surface area (Å²) in [6.07, 6.45) is 0.900. The molecule has 1 saturated heterocycles. The first kappa shape index (κ1) is 16.4. The second-order valence-electron chi connectivity index (χ2n) is 6.52. The Bertz CT molecular complexity index is 862. The molecule has 2 aromatic carbocycles. The topological polar surface area (TPSA) is 46.6 Å². The predicted molar refractivity (Wildman–Crippen MR) is 95.7 cm³/mol. The lowest BCUT2D eigenvalue weighted by molar-refractivity contribution is 0.0428. The van der Waals surface area contributed by atoms with Crippen LogP contribution in [-0.4, -0.2) is 35.3 Å². The van der Waals surface area contributed by atoms with E-state index in [1.807, 2.05) is 12.1 Å². The number of carbonyl (C=O) groups is 2. The van der Waals surface area contributed by atoms with Crippen molar-refractivity contribution in [3.8, 4) is 5.75 Å². The van der Waals surface area contributed by atoms with Crippen LogP contribution in [0.25, 0.3) is 0 Å².